The van der Waals surface area contributed by atoms with Crippen molar-refractivity contribution in [2.75, 3.05) is 49.3 Å². The van der Waals surface area contributed by atoms with Gasteiger partial charge in [-0.05, 0) is 80.4 Å². The normalized spacial score (nSPS) is 28.7. The van der Waals surface area contributed by atoms with Crippen molar-refractivity contribution in [1.29, 1.82) is 0 Å². The van der Waals surface area contributed by atoms with E-state index in [1.807, 2.05) is 21.6 Å². The summed E-state index contributed by atoms with van der Waals surface area (Å²) in [5, 5.41) is 11.1. The summed E-state index contributed by atoms with van der Waals surface area (Å²) in [4.78, 5) is 10.4. The van der Waals surface area contributed by atoms with Crippen molar-refractivity contribution in [1.82, 2.24) is 24.5 Å². The highest BCUT2D eigenvalue weighted by atomic mass is 127. The van der Waals surface area contributed by atoms with Gasteiger partial charge in [-0.25, -0.2) is 9.67 Å². The molecule has 5 aliphatic heterocycles. The van der Waals surface area contributed by atoms with Crippen molar-refractivity contribution in [3.05, 3.63) is 22.0 Å². The highest BCUT2D eigenvalue weighted by Gasteiger charge is 2.41. The van der Waals surface area contributed by atoms with Crippen molar-refractivity contribution in [2.45, 2.75) is 81.7 Å². The van der Waals surface area contributed by atoms with Crippen molar-refractivity contribution in [3.63, 3.8) is 0 Å². The van der Waals surface area contributed by atoms with E-state index in [2.05, 4.69) is 38.5 Å². The van der Waals surface area contributed by atoms with E-state index in [1.165, 1.54) is 24.9 Å². The lowest BCUT2D eigenvalue weighted by atomic mass is 9.88. The molecular formula is C28H36IN7O3. The number of hydrogen-bond acceptors (Lipinski definition) is 8. The number of anilines is 2. The van der Waals surface area contributed by atoms with Gasteiger partial charge in [0.1, 0.15) is 15.7 Å². The van der Waals surface area contributed by atoms with Gasteiger partial charge in [0, 0.05) is 44.6 Å². The molecule has 0 amide bonds. The number of nitrogens with zero attached hydrogens (tertiary/aromatic N) is 7. The fourth-order valence-corrected chi connectivity index (χ4v) is 8.16. The summed E-state index contributed by atoms with van der Waals surface area (Å²) in [5.74, 6) is 1.83. The lowest BCUT2D eigenvalue weighted by Gasteiger charge is -2.40. The molecule has 3 atom stereocenters. The Bertz CT molecular complexity index is 1340. The van der Waals surface area contributed by atoms with Crippen molar-refractivity contribution in [3.8, 4) is 5.82 Å². The van der Waals surface area contributed by atoms with Gasteiger partial charge in [0.15, 0.2) is 11.5 Å². The van der Waals surface area contributed by atoms with E-state index in [0.29, 0.717) is 12.1 Å². The second-order valence-corrected chi connectivity index (χ2v) is 12.8. The summed E-state index contributed by atoms with van der Waals surface area (Å²) in [6.07, 6.45) is 12.1. The van der Waals surface area contributed by atoms with Crippen LogP contribution < -0.4 is 9.80 Å². The van der Waals surface area contributed by atoms with E-state index in [1.54, 1.807) is 0 Å². The molecule has 5 aliphatic rings. The van der Waals surface area contributed by atoms with E-state index >= 15 is 0 Å². The summed E-state index contributed by atoms with van der Waals surface area (Å²) < 4.78 is 23.0. The maximum atomic E-state index is 6.25. The molecule has 3 aromatic heterocycles. The SMILES string of the molecule is Ic1nn(-c2ccn(C3CCCCO3)n2)c2nc(N3C4CCC3COC4)cc(N3CCC4(CCCO4)CC3)c12. The Morgan fingerprint density at radius 1 is 0.923 bits per heavy atom. The molecule has 5 fully saturated rings. The molecule has 11 heteroatoms. The summed E-state index contributed by atoms with van der Waals surface area (Å²) in [5.41, 5.74) is 2.20. The lowest BCUT2D eigenvalue weighted by molar-refractivity contribution is -0.0395. The minimum atomic E-state index is -0.00469. The molecule has 3 aromatic rings. The number of ether oxygens (including phenoxy) is 3. The first-order valence-electron chi connectivity index (χ1n) is 14.7. The maximum Gasteiger partial charge on any atom is 0.177 e. The Morgan fingerprint density at radius 2 is 1.77 bits per heavy atom. The number of morpholine rings is 1. The average molecular weight is 646 g/mol. The maximum absolute atomic E-state index is 6.25. The van der Waals surface area contributed by atoms with Gasteiger partial charge in [0.05, 0.1) is 42.0 Å². The van der Waals surface area contributed by atoms with Gasteiger partial charge < -0.3 is 24.0 Å². The molecule has 0 aromatic carbocycles. The van der Waals surface area contributed by atoms with Gasteiger partial charge in [0.25, 0.3) is 0 Å². The Balaban J connectivity index is 1.21. The smallest absolute Gasteiger partial charge is 0.177 e. The molecule has 5 saturated heterocycles. The molecule has 0 N–H and O–H groups in total. The van der Waals surface area contributed by atoms with Crippen LogP contribution in [0.5, 0.6) is 0 Å². The van der Waals surface area contributed by atoms with E-state index in [0.717, 1.165) is 104 Å². The number of fused-ring (bicyclic) bond motifs is 3. The molecule has 10 nitrogen and oxygen atoms in total. The molecule has 1 spiro atoms. The predicted octanol–water partition coefficient (Wildman–Crippen LogP) is 4.44. The summed E-state index contributed by atoms with van der Waals surface area (Å²) >= 11 is 2.38. The zero-order valence-electron chi connectivity index (χ0n) is 22.3. The Morgan fingerprint density at radius 3 is 2.51 bits per heavy atom. The number of pyridine rings is 1. The summed E-state index contributed by atoms with van der Waals surface area (Å²) in [6, 6.07) is 5.14. The number of aromatic nitrogens is 5. The fraction of sp³-hybridized carbons (Fsp3) is 0.679. The molecule has 8 rings (SSSR count). The monoisotopic (exact) mass is 645 g/mol. The highest BCUT2D eigenvalue weighted by Crippen LogP contribution is 2.42. The molecule has 8 heterocycles. The van der Waals surface area contributed by atoms with Gasteiger partial charge in [-0.2, -0.15) is 14.9 Å². The second kappa shape index (κ2) is 9.85. The van der Waals surface area contributed by atoms with Gasteiger partial charge >= 0.3 is 0 Å². The van der Waals surface area contributed by atoms with Crippen LogP contribution in [-0.4, -0.2) is 81.7 Å². The van der Waals surface area contributed by atoms with Crippen molar-refractivity contribution < 1.29 is 14.2 Å². The average Bonchev–Trinajstić information content (AvgIpc) is 3.75. The van der Waals surface area contributed by atoms with Crippen LogP contribution in [0.25, 0.3) is 16.9 Å². The Labute approximate surface area is 242 Å². The largest absolute Gasteiger partial charge is 0.377 e. The van der Waals surface area contributed by atoms with Gasteiger partial charge in [0.2, 0.25) is 0 Å². The van der Waals surface area contributed by atoms with Crippen molar-refractivity contribution >= 4 is 45.1 Å². The van der Waals surface area contributed by atoms with E-state index in [4.69, 9.17) is 29.4 Å². The topological polar surface area (TPSA) is 82.7 Å². The molecule has 2 bridgehead atoms. The summed E-state index contributed by atoms with van der Waals surface area (Å²) in [7, 11) is 0. The number of hydrogen-bond donors (Lipinski definition) is 0. The predicted molar refractivity (Wildman–Crippen MR) is 156 cm³/mol. The van der Waals surface area contributed by atoms with Crippen LogP contribution in [0.4, 0.5) is 11.5 Å². The first-order chi connectivity index (χ1) is 19.2. The number of rotatable bonds is 4. The van der Waals surface area contributed by atoms with Crippen LogP contribution in [0.15, 0.2) is 18.3 Å². The molecule has 39 heavy (non-hydrogen) atoms. The first-order valence-corrected chi connectivity index (χ1v) is 15.8. The molecule has 0 aliphatic carbocycles. The van der Waals surface area contributed by atoms with Crippen LogP contribution in [0, 0.1) is 3.70 Å². The fourth-order valence-electron chi connectivity index (χ4n) is 7.42. The minimum absolute atomic E-state index is 0.00469. The molecule has 3 unspecified atom stereocenters. The Hall–Kier alpha value is -1.96. The third-order valence-electron chi connectivity index (χ3n) is 9.53. The first kappa shape index (κ1) is 24.8. The zero-order chi connectivity index (χ0) is 26.0. The quantitative estimate of drug-likeness (QED) is 0.386. The van der Waals surface area contributed by atoms with E-state index < -0.39 is 0 Å². The lowest BCUT2D eigenvalue weighted by Crippen LogP contribution is -2.46. The third kappa shape index (κ3) is 4.26. The second-order valence-electron chi connectivity index (χ2n) is 11.8. The third-order valence-corrected chi connectivity index (χ3v) is 10.3. The number of halogens is 1. The molecular weight excluding hydrogens is 609 g/mol. The molecule has 0 saturated carbocycles. The zero-order valence-corrected chi connectivity index (χ0v) is 24.5. The standard InChI is InChI=1S/C28H36IN7O3/c29-26-25-21(33-12-9-28(10-13-33)8-3-15-39-28)16-23(35-19-5-6-20(35)18-37-17-19)30-27(25)36(32-26)22-7-11-34(31-22)24-4-1-2-14-38-24/h7,11,16,19-20,24H,1-6,8-10,12-15,17-18H2. The van der Waals surface area contributed by atoms with Gasteiger partial charge in [-0.1, -0.05) is 0 Å². The minimum Gasteiger partial charge on any atom is -0.377 e. The van der Waals surface area contributed by atoms with Gasteiger partial charge in [-0.15, -0.1) is 0 Å². The van der Waals surface area contributed by atoms with Crippen LogP contribution in [-0.2, 0) is 14.2 Å². The van der Waals surface area contributed by atoms with Crippen LogP contribution in [0.3, 0.4) is 0 Å². The van der Waals surface area contributed by atoms with Gasteiger partial charge in [-0.3, -0.25) is 0 Å². The van der Waals surface area contributed by atoms with E-state index in [-0.39, 0.29) is 11.8 Å². The number of piperidine rings is 1. The van der Waals surface area contributed by atoms with Crippen LogP contribution in [0.2, 0.25) is 0 Å². The molecule has 0 radical (unpaired) electrons. The van der Waals surface area contributed by atoms with Crippen LogP contribution in [0.1, 0.15) is 64.0 Å². The van der Waals surface area contributed by atoms with E-state index in [9.17, 15) is 0 Å². The Kier molecular flexibility index (Phi) is 6.26. The van der Waals surface area contributed by atoms with Crippen molar-refractivity contribution in [2.24, 2.45) is 0 Å². The summed E-state index contributed by atoms with van der Waals surface area (Å²) in [6.45, 7) is 5.23. The molecule has 208 valence electrons. The van der Waals surface area contributed by atoms with Crippen LogP contribution >= 0.6 is 22.6 Å². The highest BCUT2D eigenvalue weighted by molar-refractivity contribution is 14.1.